The molecule has 0 amide bonds. The highest BCUT2D eigenvalue weighted by Gasteiger charge is 2.16. The zero-order valence-electron chi connectivity index (χ0n) is 10.8. The molecule has 2 rings (SSSR count). The Morgan fingerprint density at radius 2 is 1.75 bits per heavy atom. The lowest BCUT2D eigenvalue weighted by molar-refractivity contribution is 0.533. The van der Waals surface area contributed by atoms with Gasteiger partial charge in [0.05, 0.1) is 5.02 Å². The van der Waals surface area contributed by atoms with Gasteiger partial charge in [-0.15, -0.1) is 0 Å². The van der Waals surface area contributed by atoms with E-state index in [0.717, 1.165) is 5.56 Å². The van der Waals surface area contributed by atoms with Crippen LogP contribution < -0.4 is 5.32 Å². The molecule has 1 atom stereocenters. The van der Waals surface area contributed by atoms with E-state index < -0.39 is 5.82 Å². The second-order valence-electron chi connectivity index (χ2n) is 4.46. The number of hydrogen-bond acceptors (Lipinski definition) is 1. The fraction of sp³-hybridized carbons (Fsp3) is 0.200. The maximum atomic E-state index is 13.9. The number of nitrogens with one attached hydrogen (secondary N) is 1. The molecule has 2 aromatic rings. The fourth-order valence-electron chi connectivity index (χ4n) is 2.05. The highest BCUT2D eigenvalue weighted by atomic mass is 35.5. The second-order valence-corrected chi connectivity index (χ2v) is 5.30. The number of benzene rings is 2. The summed E-state index contributed by atoms with van der Waals surface area (Å²) in [6.45, 7) is 0. The smallest absolute Gasteiger partial charge is 0.141 e. The Balaban J connectivity index is 2.28. The van der Waals surface area contributed by atoms with Crippen molar-refractivity contribution < 1.29 is 8.78 Å². The third kappa shape index (κ3) is 3.48. The van der Waals surface area contributed by atoms with Crippen molar-refractivity contribution in [2.75, 3.05) is 7.05 Å². The molecule has 106 valence electrons. The number of rotatable bonds is 4. The van der Waals surface area contributed by atoms with Gasteiger partial charge in [0, 0.05) is 16.6 Å². The molecule has 0 aromatic heterocycles. The van der Waals surface area contributed by atoms with Crippen molar-refractivity contribution in [3.05, 3.63) is 69.2 Å². The molecule has 20 heavy (non-hydrogen) atoms. The first-order valence-corrected chi connectivity index (χ1v) is 6.83. The van der Waals surface area contributed by atoms with Crippen LogP contribution in [-0.4, -0.2) is 7.05 Å². The molecule has 2 aromatic carbocycles. The van der Waals surface area contributed by atoms with Crippen molar-refractivity contribution in [1.29, 1.82) is 0 Å². The molecule has 1 unspecified atom stereocenters. The van der Waals surface area contributed by atoms with Gasteiger partial charge in [0.2, 0.25) is 0 Å². The van der Waals surface area contributed by atoms with E-state index in [2.05, 4.69) is 5.32 Å². The van der Waals surface area contributed by atoms with Gasteiger partial charge >= 0.3 is 0 Å². The molecule has 0 bridgehead atoms. The van der Waals surface area contributed by atoms with Gasteiger partial charge in [-0.3, -0.25) is 0 Å². The lowest BCUT2D eigenvalue weighted by Crippen LogP contribution is -2.20. The Bertz CT molecular complexity index is 617. The van der Waals surface area contributed by atoms with Crippen molar-refractivity contribution in [2.24, 2.45) is 0 Å². The van der Waals surface area contributed by atoms with Crippen LogP contribution in [0.4, 0.5) is 8.78 Å². The van der Waals surface area contributed by atoms with Crippen LogP contribution in [-0.2, 0) is 6.42 Å². The second kappa shape index (κ2) is 6.53. The van der Waals surface area contributed by atoms with Crippen molar-refractivity contribution >= 4 is 23.2 Å². The highest BCUT2D eigenvalue weighted by molar-refractivity contribution is 6.31. The summed E-state index contributed by atoms with van der Waals surface area (Å²) < 4.78 is 27.0. The van der Waals surface area contributed by atoms with Crippen molar-refractivity contribution in [1.82, 2.24) is 5.32 Å². The predicted molar refractivity (Wildman–Crippen MR) is 78.3 cm³/mol. The minimum absolute atomic E-state index is 0.0592. The molecule has 0 saturated heterocycles. The Morgan fingerprint density at radius 1 is 1.05 bits per heavy atom. The lowest BCUT2D eigenvalue weighted by atomic mass is 9.98. The van der Waals surface area contributed by atoms with E-state index in [1.807, 2.05) is 0 Å². The van der Waals surface area contributed by atoms with Gasteiger partial charge in [0.1, 0.15) is 11.6 Å². The SMILES string of the molecule is CNC(Cc1ccc(F)c(Cl)c1)c1cc(Cl)ccc1F. The molecular formula is C15H13Cl2F2N. The summed E-state index contributed by atoms with van der Waals surface area (Å²) >= 11 is 11.7. The van der Waals surface area contributed by atoms with E-state index in [1.165, 1.54) is 18.2 Å². The van der Waals surface area contributed by atoms with Crippen LogP contribution in [0.1, 0.15) is 17.2 Å². The molecule has 0 aliphatic rings. The average Bonchev–Trinajstić information content (AvgIpc) is 2.43. The summed E-state index contributed by atoms with van der Waals surface area (Å²) in [4.78, 5) is 0. The molecule has 0 fully saturated rings. The zero-order chi connectivity index (χ0) is 14.7. The first-order chi connectivity index (χ1) is 9.51. The number of hydrogen-bond donors (Lipinski definition) is 1. The molecule has 5 heteroatoms. The summed E-state index contributed by atoms with van der Waals surface area (Å²) in [5.74, 6) is -0.799. The Labute approximate surface area is 126 Å². The monoisotopic (exact) mass is 315 g/mol. The zero-order valence-corrected chi connectivity index (χ0v) is 12.3. The minimum atomic E-state index is -0.467. The van der Waals surface area contributed by atoms with Crippen LogP contribution in [0.25, 0.3) is 0 Å². The number of halogens is 4. The van der Waals surface area contributed by atoms with Crippen LogP contribution >= 0.6 is 23.2 Å². The number of likely N-dealkylation sites (N-methyl/N-ethyl adjacent to an activating group) is 1. The summed E-state index contributed by atoms with van der Waals surface area (Å²) in [5, 5.41) is 3.56. The maximum absolute atomic E-state index is 13.9. The average molecular weight is 316 g/mol. The molecule has 0 saturated carbocycles. The minimum Gasteiger partial charge on any atom is -0.313 e. The van der Waals surface area contributed by atoms with Gasteiger partial charge in [-0.1, -0.05) is 29.3 Å². The predicted octanol–water partition coefficient (Wildman–Crippen LogP) is 4.77. The fourth-order valence-corrected chi connectivity index (χ4v) is 2.44. The van der Waals surface area contributed by atoms with Crippen molar-refractivity contribution in [2.45, 2.75) is 12.5 Å². The van der Waals surface area contributed by atoms with Crippen LogP contribution in [0.3, 0.4) is 0 Å². The molecule has 1 N–H and O–H groups in total. The summed E-state index contributed by atoms with van der Waals surface area (Å²) in [6.07, 6.45) is 0.480. The summed E-state index contributed by atoms with van der Waals surface area (Å²) in [7, 11) is 1.73. The van der Waals surface area contributed by atoms with Gasteiger partial charge < -0.3 is 5.32 Å². The van der Waals surface area contributed by atoms with Gasteiger partial charge in [0.25, 0.3) is 0 Å². The standard InChI is InChI=1S/C15H13Cl2F2N/c1-20-15(11-8-10(16)3-5-13(11)18)7-9-2-4-14(19)12(17)6-9/h2-6,8,15,20H,7H2,1H3. The quantitative estimate of drug-likeness (QED) is 0.856. The molecule has 1 nitrogen and oxygen atoms in total. The van der Waals surface area contributed by atoms with Crippen LogP contribution in [0.15, 0.2) is 36.4 Å². The molecular weight excluding hydrogens is 303 g/mol. The first kappa shape index (κ1) is 15.2. The highest BCUT2D eigenvalue weighted by Crippen LogP contribution is 2.25. The van der Waals surface area contributed by atoms with Gasteiger partial charge in [-0.2, -0.15) is 0 Å². The maximum Gasteiger partial charge on any atom is 0.141 e. The van der Waals surface area contributed by atoms with Crippen LogP contribution in [0.5, 0.6) is 0 Å². The van der Waals surface area contributed by atoms with E-state index in [9.17, 15) is 8.78 Å². The Morgan fingerprint density at radius 3 is 2.40 bits per heavy atom. The summed E-state index contributed by atoms with van der Waals surface area (Å²) in [5.41, 5.74) is 1.29. The van der Waals surface area contributed by atoms with E-state index in [-0.39, 0.29) is 16.9 Å². The molecule has 0 aliphatic carbocycles. The van der Waals surface area contributed by atoms with Crippen molar-refractivity contribution in [3.8, 4) is 0 Å². The van der Waals surface area contributed by atoms with Crippen LogP contribution in [0.2, 0.25) is 10.0 Å². The van der Waals surface area contributed by atoms with Gasteiger partial charge in [0.15, 0.2) is 0 Å². The third-order valence-electron chi connectivity index (χ3n) is 3.11. The Kier molecular flexibility index (Phi) is 4.97. The van der Waals surface area contributed by atoms with Crippen LogP contribution in [0, 0.1) is 11.6 Å². The topological polar surface area (TPSA) is 12.0 Å². The normalized spacial score (nSPS) is 12.4. The molecule has 0 aliphatic heterocycles. The van der Waals surface area contributed by atoms with Crippen molar-refractivity contribution in [3.63, 3.8) is 0 Å². The van der Waals surface area contributed by atoms with E-state index in [4.69, 9.17) is 23.2 Å². The van der Waals surface area contributed by atoms with E-state index >= 15 is 0 Å². The van der Waals surface area contributed by atoms with E-state index in [1.54, 1.807) is 25.2 Å². The van der Waals surface area contributed by atoms with Gasteiger partial charge in [-0.25, -0.2) is 8.78 Å². The first-order valence-electron chi connectivity index (χ1n) is 6.07. The van der Waals surface area contributed by atoms with Gasteiger partial charge in [-0.05, 0) is 49.4 Å². The Hall–Kier alpha value is -1.16. The lowest BCUT2D eigenvalue weighted by Gasteiger charge is -2.18. The summed E-state index contributed by atoms with van der Waals surface area (Å²) in [6, 6.07) is 8.64. The van der Waals surface area contributed by atoms with E-state index in [0.29, 0.717) is 17.0 Å². The molecule has 0 radical (unpaired) electrons. The largest absolute Gasteiger partial charge is 0.313 e. The third-order valence-corrected chi connectivity index (χ3v) is 3.63. The molecule has 0 spiro atoms. The molecule has 0 heterocycles.